The number of cyclic esters (lactones) is 1. The molecule has 0 saturated carbocycles. The minimum Gasteiger partial charge on any atom is -0.457 e. The summed E-state index contributed by atoms with van der Waals surface area (Å²) in [5.74, 6) is -0.495. The fourth-order valence-electron chi connectivity index (χ4n) is 4.29. The van der Waals surface area contributed by atoms with Crippen molar-refractivity contribution in [1.29, 1.82) is 0 Å². The Labute approximate surface area is 235 Å². The van der Waals surface area contributed by atoms with Gasteiger partial charge >= 0.3 is 5.97 Å². The lowest BCUT2D eigenvalue weighted by Crippen LogP contribution is -2.26. The highest BCUT2D eigenvalue weighted by Gasteiger charge is 2.21. The molecule has 0 bridgehead atoms. The van der Waals surface area contributed by atoms with Crippen LogP contribution in [0, 0.1) is 11.8 Å². The van der Waals surface area contributed by atoms with Crippen LogP contribution in [0.3, 0.4) is 0 Å². The topological polar surface area (TPSA) is 107 Å². The molecule has 218 valence electrons. The predicted molar refractivity (Wildman–Crippen MR) is 159 cm³/mol. The summed E-state index contributed by atoms with van der Waals surface area (Å²) in [5.41, 5.74) is 0.997. The van der Waals surface area contributed by atoms with Crippen LogP contribution in [-0.4, -0.2) is 56.9 Å². The number of esters is 1. The van der Waals surface area contributed by atoms with E-state index in [1.807, 2.05) is 81.5 Å². The zero-order valence-corrected chi connectivity index (χ0v) is 23.9. The maximum absolute atomic E-state index is 12.7. The number of hydrogen-bond acceptors (Lipinski definition) is 6. The van der Waals surface area contributed by atoms with Gasteiger partial charge in [0, 0.05) is 12.3 Å². The molecule has 0 spiro atoms. The number of carbonyl (C=O) groups is 1. The summed E-state index contributed by atoms with van der Waals surface area (Å²) >= 11 is 0. The van der Waals surface area contributed by atoms with Gasteiger partial charge in [0.1, 0.15) is 6.10 Å². The number of ether oxygens (including phenoxy) is 1. The minimum absolute atomic E-state index is 0.00846. The fourth-order valence-corrected chi connectivity index (χ4v) is 4.29. The van der Waals surface area contributed by atoms with E-state index in [4.69, 9.17) is 4.74 Å². The fraction of sp³-hybridized carbons (Fsp3) is 0.545. The zero-order valence-electron chi connectivity index (χ0n) is 23.9. The second-order valence-corrected chi connectivity index (χ2v) is 10.6. The Bertz CT molecular complexity index is 881. The number of carbonyl (C=O) groups excluding carboxylic acids is 1. The summed E-state index contributed by atoms with van der Waals surface area (Å²) in [4.78, 5) is 12.7. The molecule has 7 unspecified atom stereocenters. The van der Waals surface area contributed by atoms with Gasteiger partial charge in [-0.25, -0.2) is 0 Å². The van der Waals surface area contributed by atoms with Gasteiger partial charge in [-0.15, -0.1) is 6.58 Å². The summed E-state index contributed by atoms with van der Waals surface area (Å²) in [6.07, 6.45) is 22.4. The molecular weight excluding hydrogens is 492 g/mol. The van der Waals surface area contributed by atoms with Crippen molar-refractivity contribution in [3.8, 4) is 0 Å². The third kappa shape index (κ3) is 17.6. The van der Waals surface area contributed by atoms with Gasteiger partial charge in [-0.1, -0.05) is 86.3 Å². The molecule has 1 rings (SSSR count). The monoisotopic (exact) mass is 542 g/mol. The summed E-state index contributed by atoms with van der Waals surface area (Å²) in [6, 6.07) is 0. The Morgan fingerprint density at radius 1 is 0.974 bits per heavy atom. The Morgan fingerprint density at radius 2 is 1.67 bits per heavy atom. The van der Waals surface area contributed by atoms with Gasteiger partial charge in [0.25, 0.3) is 0 Å². The first-order valence-corrected chi connectivity index (χ1v) is 14.1. The van der Waals surface area contributed by atoms with Crippen molar-refractivity contribution in [2.45, 2.75) is 103 Å². The van der Waals surface area contributed by atoms with Crippen molar-refractivity contribution < 1.29 is 30.0 Å². The van der Waals surface area contributed by atoms with Crippen molar-refractivity contribution in [3.05, 3.63) is 85.1 Å². The quantitative estimate of drug-likeness (QED) is 0.203. The normalized spacial score (nSPS) is 31.6. The first kappa shape index (κ1) is 34.5. The lowest BCUT2D eigenvalue weighted by molar-refractivity contribution is -0.150. The van der Waals surface area contributed by atoms with Crippen molar-refractivity contribution in [1.82, 2.24) is 0 Å². The molecule has 0 aromatic heterocycles. The van der Waals surface area contributed by atoms with Crippen LogP contribution in [0.5, 0.6) is 0 Å². The van der Waals surface area contributed by atoms with Crippen LogP contribution in [0.1, 0.15) is 72.1 Å². The van der Waals surface area contributed by atoms with Crippen molar-refractivity contribution >= 4 is 5.97 Å². The molecule has 7 atom stereocenters. The van der Waals surface area contributed by atoms with Crippen LogP contribution in [0.15, 0.2) is 85.1 Å². The summed E-state index contributed by atoms with van der Waals surface area (Å²) in [5, 5.41) is 41.2. The van der Waals surface area contributed by atoms with Gasteiger partial charge in [-0.3, -0.25) is 4.79 Å². The Balaban J connectivity index is 3.02. The smallest absolute Gasteiger partial charge is 0.309 e. The zero-order chi connectivity index (χ0) is 29.0. The molecule has 6 heteroatoms. The van der Waals surface area contributed by atoms with E-state index in [1.165, 1.54) is 6.08 Å². The second-order valence-electron chi connectivity index (χ2n) is 10.6. The van der Waals surface area contributed by atoms with Crippen LogP contribution in [0.4, 0.5) is 0 Å². The van der Waals surface area contributed by atoms with E-state index in [2.05, 4.69) is 6.58 Å². The summed E-state index contributed by atoms with van der Waals surface area (Å²) in [6.45, 7) is 9.63. The van der Waals surface area contributed by atoms with Crippen LogP contribution in [0.25, 0.3) is 0 Å². The van der Waals surface area contributed by atoms with E-state index < -0.39 is 36.5 Å². The molecule has 4 N–H and O–H groups in total. The molecule has 0 saturated heterocycles. The maximum Gasteiger partial charge on any atom is 0.309 e. The molecule has 1 aliphatic rings. The van der Waals surface area contributed by atoms with E-state index >= 15 is 0 Å². The average molecular weight is 543 g/mol. The number of aliphatic hydroxyl groups excluding tert-OH is 4. The molecule has 0 fully saturated rings. The minimum atomic E-state index is -1.06. The maximum atomic E-state index is 12.7. The van der Waals surface area contributed by atoms with Crippen LogP contribution >= 0.6 is 0 Å². The van der Waals surface area contributed by atoms with E-state index in [0.29, 0.717) is 32.1 Å². The molecule has 0 aliphatic carbocycles. The van der Waals surface area contributed by atoms with Crippen molar-refractivity contribution in [2.24, 2.45) is 11.8 Å². The van der Waals surface area contributed by atoms with Crippen LogP contribution < -0.4 is 0 Å². The molecule has 0 amide bonds. The third-order valence-corrected chi connectivity index (χ3v) is 6.45. The van der Waals surface area contributed by atoms with E-state index in [1.54, 1.807) is 6.08 Å². The largest absolute Gasteiger partial charge is 0.457 e. The summed E-state index contributed by atoms with van der Waals surface area (Å²) in [7, 11) is 0. The molecule has 1 aliphatic heterocycles. The highest BCUT2D eigenvalue weighted by Crippen LogP contribution is 2.18. The van der Waals surface area contributed by atoms with Crippen molar-refractivity contribution in [2.75, 3.05) is 0 Å². The van der Waals surface area contributed by atoms with Crippen LogP contribution in [-0.2, 0) is 9.53 Å². The molecule has 39 heavy (non-hydrogen) atoms. The van der Waals surface area contributed by atoms with Crippen molar-refractivity contribution in [3.63, 3.8) is 0 Å². The predicted octanol–water partition coefficient (Wildman–Crippen LogP) is 5.66. The van der Waals surface area contributed by atoms with Crippen LogP contribution in [0.2, 0.25) is 0 Å². The van der Waals surface area contributed by atoms with E-state index in [9.17, 15) is 25.2 Å². The highest BCUT2D eigenvalue weighted by molar-refractivity contribution is 5.70. The SMILES string of the molecule is C=CCC=CC=C(C)C=CC1OC(=O)CC(O)CC(O)C=CCC(O)CC(C)CC(O)CC=CCC=CC1C. The Hall–Kier alpha value is -2.51. The highest BCUT2D eigenvalue weighted by atomic mass is 16.5. The molecule has 1 heterocycles. The number of allylic oxidation sites excluding steroid dienone is 8. The molecule has 0 radical (unpaired) electrons. The standard InChI is InChI=1S/C33H50O6/c1-5-6-7-10-14-25(2)19-20-32-27(4)15-11-8-9-12-16-28(34)21-26(3)22-29(35)17-13-18-30(36)23-31(37)24-33(38)39-32/h5,7,9-15,18-20,26-32,34-37H,1,6,8,16-17,21-24H2,2-4H3. The van der Waals surface area contributed by atoms with E-state index in [0.717, 1.165) is 12.0 Å². The van der Waals surface area contributed by atoms with E-state index in [-0.39, 0.29) is 24.7 Å². The summed E-state index contributed by atoms with van der Waals surface area (Å²) < 4.78 is 5.73. The lowest BCUT2D eigenvalue weighted by Gasteiger charge is -2.20. The number of rotatable bonds is 5. The molecule has 6 nitrogen and oxygen atoms in total. The molecular formula is C33H50O6. The Morgan fingerprint density at radius 3 is 2.36 bits per heavy atom. The first-order chi connectivity index (χ1) is 18.6. The van der Waals surface area contributed by atoms with Gasteiger partial charge in [-0.05, 0) is 57.4 Å². The number of aliphatic hydroxyl groups is 4. The third-order valence-electron chi connectivity index (χ3n) is 6.45. The van der Waals surface area contributed by atoms with Gasteiger partial charge < -0.3 is 25.2 Å². The van der Waals surface area contributed by atoms with Gasteiger partial charge in [0.15, 0.2) is 0 Å². The molecule has 0 aromatic carbocycles. The lowest BCUT2D eigenvalue weighted by atomic mass is 9.94. The van der Waals surface area contributed by atoms with Gasteiger partial charge in [-0.2, -0.15) is 0 Å². The first-order valence-electron chi connectivity index (χ1n) is 14.1. The Kier molecular flexibility index (Phi) is 18.1. The second kappa shape index (κ2) is 20.4. The molecule has 0 aromatic rings. The van der Waals surface area contributed by atoms with Gasteiger partial charge in [0.2, 0.25) is 0 Å². The average Bonchev–Trinajstić information content (AvgIpc) is 2.85. The number of hydrogen-bond donors (Lipinski definition) is 4. The van der Waals surface area contributed by atoms with Gasteiger partial charge in [0.05, 0.1) is 30.8 Å².